The molecule has 2 atom stereocenters. The Bertz CT molecular complexity index is 727. The van der Waals surface area contributed by atoms with E-state index in [1.807, 2.05) is 12.4 Å². The lowest BCUT2D eigenvalue weighted by molar-refractivity contribution is 0.239. The SMILES string of the molecule is CCCn1nc(C2OC2N(C)C)c2c1CCN(Cc1ccncc1)C2. The standard InChI is InChI=1S/C19H27N5O/c1-4-10-24-16-7-11-23(12-14-5-8-20-9-6-14)13-15(16)17(21-24)18-19(25-18)22(2)3/h5-6,8-9,18-19H,4,7,10-13H2,1-3H3. The number of fused-ring (bicyclic) bond motifs is 1. The normalized spacial score (nSPS) is 23.0. The second kappa shape index (κ2) is 6.86. The van der Waals surface area contributed by atoms with Gasteiger partial charge in [0.1, 0.15) is 18.0 Å². The number of nitrogens with zero attached hydrogens (tertiary/aromatic N) is 5. The van der Waals surface area contributed by atoms with Crippen molar-refractivity contribution in [3.05, 3.63) is 47.0 Å². The van der Waals surface area contributed by atoms with E-state index in [-0.39, 0.29) is 12.3 Å². The van der Waals surface area contributed by atoms with Gasteiger partial charge in [0.15, 0.2) is 0 Å². The Morgan fingerprint density at radius 1 is 1.28 bits per heavy atom. The van der Waals surface area contributed by atoms with Gasteiger partial charge in [0.25, 0.3) is 0 Å². The topological polar surface area (TPSA) is 49.7 Å². The van der Waals surface area contributed by atoms with Crippen LogP contribution in [0.1, 0.15) is 42.0 Å². The highest BCUT2D eigenvalue weighted by Gasteiger charge is 2.46. The molecule has 0 N–H and O–H groups in total. The summed E-state index contributed by atoms with van der Waals surface area (Å²) in [4.78, 5) is 8.75. The first-order chi connectivity index (χ1) is 12.2. The number of ether oxygens (including phenoxy) is 1. The second-order valence-electron chi connectivity index (χ2n) is 7.26. The van der Waals surface area contributed by atoms with Crippen LogP contribution in [0.5, 0.6) is 0 Å². The maximum absolute atomic E-state index is 5.90. The minimum Gasteiger partial charge on any atom is -0.346 e. The first kappa shape index (κ1) is 16.7. The fourth-order valence-corrected chi connectivity index (χ4v) is 3.78. The van der Waals surface area contributed by atoms with Gasteiger partial charge in [-0.25, -0.2) is 0 Å². The first-order valence-electron chi connectivity index (χ1n) is 9.19. The van der Waals surface area contributed by atoms with Gasteiger partial charge in [-0.1, -0.05) is 6.92 Å². The Morgan fingerprint density at radius 2 is 2.08 bits per heavy atom. The molecule has 0 amide bonds. The van der Waals surface area contributed by atoms with Gasteiger partial charge in [0.2, 0.25) is 0 Å². The Balaban J connectivity index is 1.57. The molecule has 2 aromatic heterocycles. The molecule has 6 nitrogen and oxygen atoms in total. The van der Waals surface area contributed by atoms with Gasteiger partial charge in [-0.3, -0.25) is 19.5 Å². The van der Waals surface area contributed by atoms with Gasteiger partial charge < -0.3 is 4.74 Å². The van der Waals surface area contributed by atoms with Gasteiger partial charge in [-0.15, -0.1) is 0 Å². The number of pyridine rings is 1. The predicted molar refractivity (Wildman–Crippen MR) is 95.9 cm³/mol. The van der Waals surface area contributed by atoms with Crippen LogP contribution in [0, 0.1) is 0 Å². The molecule has 4 rings (SSSR count). The Labute approximate surface area is 149 Å². The summed E-state index contributed by atoms with van der Waals surface area (Å²) in [5.74, 6) is 0. The van der Waals surface area contributed by atoms with E-state index in [4.69, 9.17) is 9.84 Å². The molecule has 2 aliphatic rings. The molecule has 0 bridgehead atoms. The third-order valence-electron chi connectivity index (χ3n) is 5.08. The van der Waals surface area contributed by atoms with E-state index >= 15 is 0 Å². The molecule has 2 unspecified atom stereocenters. The molecule has 0 spiro atoms. The summed E-state index contributed by atoms with van der Waals surface area (Å²) in [6.45, 7) is 6.20. The number of hydrogen-bond donors (Lipinski definition) is 0. The summed E-state index contributed by atoms with van der Waals surface area (Å²) in [5.41, 5.74) is 5.27. The van der Waals surface area contributed by atoms with E-state index in [1.54, 1.807) is 0 Å². The lowest BCUT2D eigenvalue weighted by Crippen LogP contribution is -2.31. The van der Waals surface area contributed by atoms with Crippen molar-refractivity contribution in [2.45, 2.75) is 51.7 Å². The third-order valence-corrected chi connectivity index (χ3v) is 5.08. The molecule has 25 heavy (non-hydrogen) atoms. The summed E-state index contributed by atoms with van der Waals surface area (Å²) in [7, 11) is 4.13. The van der Waals surface area contributed by atoms with E-state index in [2.05, 4.69) is 52.6 Å². The van der Waals surface area contributed by atoms with Crippen LogP contribution in [0.3, 0.4) is 0 Å². The quantitative estimate of drug-likeness (QED) is 0.754. The molecule has 6 heteroatoms. The fourth-order valence-electron chi connectivity index (χ4n) is 3.78. The fraction of sp³-hybridized carbons (Fsp3) is 0.579. The summed E-state index contributed by atoms with van der Waals surface area (Å²) >= 11 is 0. The maximum Gasteiger partial charge on any atom is 0.143 e. The molecule has 2 aliphatic heterocycles. The van der Waals surface area contributed by atoms with Crippen molar-refractivity contribution in [1.82, 2.24) is 24.6 Å². The minimum absolute atomic E-state index is 0.128. The molecule has 1 saturated heterocycles. The van der Waals surface area contributed by atoms with Crippen LogP contribution < -0.4 is 0 Å². The van der Waals surface area contributed by atoms with Gasteiger partial charge in [0, 0.05) is 56.3 Å². The lowest BCUT2D eigenvalue weighted by Gasteiger charge is -2.27. The van der Waals surface area contributed by atoms with Crippen LogP contribution in [0.4, 0.5) is 0 Å². The zero-order valence-corrected chi connectivity index (χ0v) is 15.4. The van der Waals surface area contributed by atoms with Crippen molar-refractivity contribution in [2.75, 3.05) is 20.6 Å². The summed E-state index contributed by atoms with van der Waals surface area (Å²) in [6, 6.07) is 4.20. The number of hydrogen-bond acceptors (Lipinski definition) is 5. The Morgan fingerprint density at radius 3 is 2.76 bits per heavy atom. The average molecular weight is 341 g/mol. The summed E-state index contributed by atoms with van der Waals surface area (Å²) in [6.07, 6.45) is 6.21. The van der Waals surface area contributed by atoms with Crippen molar-refractivity contribution in [3.63, 3.8) is 0 Å². The summed E-state index contributed by atoms with van der Waals surface area (Å²) < 4.78 is 8.12. The number of aromatic nitrogens is 3. The highest BCUT2D eigenvalue weighted by molar-refractivity contribution is 5.33. The van der Waals surface area contributed by atoms with Crippen LogP contribution in [0.15, 0.2) is 24.5 Å². The minimum atomic E-state index is 0.128. The number of rotatable bonds is 6. The van der Waals surface area contributed by atoms with Gasteiger partial charge in [-0.2, -0.15) is 5.10 Å². The predicted octanol–water partition coefficient (Wildman–Crippen LogP) is 2.21. The van der Waals surface area contributed by atoms with Crippen molar-refractivity contribution in [2.24, 2.45) is 0 Å². The molecule has 0 aliphatic carbocycles. The molecule has 134 valence electrons. The Hall–Kier alpha value is -1.76. The highest BCUT2D eigenvalue weighted by atomic mass is 16.6. The van der Waals surface area contributed by atoms with E-state index in [9.17, 15) is 0 Å². The number of likely N-dealkylation sites (N-methyl/N-ethyl adjacent to an activating group) is 1. The van der Waals surface area contributed by atoms with Crippen LogP contribution in [-0.2, 0) is 30.8 Å². The van der Waals surface area contributed by atoms with Crippen molar-refractivity contribution in [1.29, 1.82) is 0 Å². The molecule has 4 heterocycles. The van der Waals surface area contributed by atoms with Crippen LogP contribution in [0.2, 0.25) is 0 Å². The Kier molecular flexibility index (Phi) is 4.58. The third kappa shape index (κ3) is 3.34. The first-order valence-corrected chi connectivity index (χ1v) is 9.19. The monoisotopic (exact) mass is 341 g/mol. The largest absolute Gasteiger partial charge is 0.346 e. The maximum atomic E-state index is 5.90. The average Bonchev–Trinajstić information content (AvgIpc) is 3.34. The zero-order chi connectivity index (χ0) is 17.4. The van der Waals surface area contributed by atoms with E-state index in [0.717, 1.165) is 44.7 Å². The van der Waals surface area contributed by atoms with Crippen LogP contribution in [-0.4, -0.2) is 51.4 Å². The van der Waals surface area contributed by atoms with Gasteiger partial charge in [-0.05, 0) is 38.2 Å². The molecular formula is C19H27N5O. The molecule has 0 aromatic carbocycles. The number of epoxide rings is 1. The zero-order valence-electron chi connectivity index (χ0n) is 15.4. The van der Waals surface area contributed by atoms with Crippen molar-refractivity contribution in [3.8, 4) is 0 Å². The molecule has 1 fully saturated rings. The van der Waals surface area contributed by atoms with E-state index < -0.39 is 0 Å². The smallest absolute Gasteiger partial charge is 0.143 e. The van der Waals surface area contributed by atoms with Crippen LogP contribution in [0.25, 0.3) is 0 Å². The molecule has 2 aromatic rings. The highest BCUT2D eigenvalue weighted by Crippen LogP contribution is 2.42. The molecule has 0 radical (unpaired) electrons. The van der Waals surface area contributed by atoms with Crippen LogP contribution >= 0.6 is 0 Å². The summed E-state index contributed by atoms with van der Waals surface area (Å²) in [5, 5.41) is 4.95. The lowest BCUT2D eigenvalue weighted by atomic mass is 10.0. The van der Waals surface area contributed by atoms with Crippen molar-refractivity contribution >= 4 is 0 Å². The van der Waals surface area contributed by atoms with E-state index in [0.29, 0.717) is 0 Å². The van der Waals surface area contributed by atoms with Gasteiger partial charge >= 0.3 is 0 Å². The molecule has 0 saturated carbocycles. The number of aryl methyl sites for hydroxylation is 1. The molecular weight excluding hydrogens is 314 g/mol. The van der Waals surface area contributed by atoms with Crippen molar-refractivity contribution < 1.29 is 4.74 Å². The second-order valence-corrected chi connectivity index (χ2v) is 7.26. The van der Waals surface area contributed by atoms with Gasteiger partial charge in [0.05, 0.1) is 0 Å². The van der Waals surface area contributed by atoms with E-state index in [1.165, 1.54) is 16.8 Å².